The van der Waals surface area contributed by atoms with Crippen molar-refractivity contribution in [3.05, 3.63) is 35.6 Å². The van der Waals surface area contributed by atoms with Crippen molar-refractivity contribution in [1.29, 1.82) is 0 Å². The Morgan fingerprint density at radius 1 is 1.36 bits per heavy atom. The molecule has 3 rings (SSSR count). The molecular formula is C19H30FIN4. The highest BCUT2D eigenvalue weighted by Crippen LogP contribution is 2.33. The second-order valence-electron chi connectivity index (χ2n) is 7.09. The number of likely N-dealkylation sites (tertiary alicyclic amines) is 1. The van der Waals surface area contributed by atoms with Crippen molar-refractivity contribution in [3.8, 4) is 0 Å². The number of nitrogens with zero attached hydrogens (tertiary/aromatic N) is 2. The van der Waals surface area contributed by atoms with Crippen molar-refractivity contribution < 1.29 is 4.39 Å². The van der Waals surface area contributed by atoms with E-state index in [-0.39, 0.29) is 29.8 Å². The summed E-state index contributed by atoms with van der Waals surface area (Å²) in [5.74, 6) is 0.720. The van der Waals surface area contributed by atoms with Crippen molar-refractivity contribution in [2.24, 2.45) is 4.99 Å². The van der Waals surface area contributed by atoms with Gasteiger partial charge in [-0.05, 0) is 56.7 Å². The van der Waals surface area contributed by atoms with Gasteiger partial charge in [-0.15, -0.1) is 24.0 Å². The van der Waals surface area contributed by atoms with Crippen LogP contribution < -0.4 is 10.6 Å². The number of halogens is 2. The normalized spacial score (nSPS) is 24.0. The molecule has 2 fully saturated rings. The first kappa shape index (κ1) is 20.4. The largest absolute Gasteiger partial charge is 0.356 e. The van der Waals surface area contributed by atoms with Crippen LogP contribution in [0, 0.1) is 5.82 Å². The molecule has 1 aliphatic heterocycles. The first-order chi connectivity index (χ1) is 11.7. The van der Waals surface area contributed by atoms with E-state index in [1.54, 1.807) is 12.1 Å². The first-order valence-electron chi connectivity index (χ1n) is 9.13. The van der Waals surface area contributed by atoms with E-state index >= 15 is 0 Å². The van der Waals surface area contributed by atoms with Crippen LogP contribution >= 0.6 is 24.0 Å². The average Bonchev–Trinajstić information content (AvgIpc) is 3.34. The molecule has 1 saturated carbocycles. The number of guanidine groups is 1. The van der Waals surface area contributed by atoms with Gasteiger partial charge >= 0.3 is 0 Å². The summed E-state index contributed by atoms with van der Waals surface area (Å²) in [6.45, 7) is 4.29. The minimum Gasteiger partial charge on any atom is -0.356 e. The second-order valence-corrected chi connectivity index (χ2v) is 7.09. The molecule has 0 radical (unpaired) electrons. The molecule has 0 bridgehead atoms. The van der Waals surface area contributed by atoms with Crippen LogP contribution in [0.5, 0.6) is 0 Å². The van der Waals surface area contributed by atoms with Crippen molar-refractivity contribution in [2.75, 3.05) is 20.1 Å². The fourth-order valence-electron chi connectivity index (χ4n) is 3.66. The number of aryl methyl sites for hydroxylation is 1. The highest BCUT2D eigenvalue weighted by atomic mass is 127. The predicted octanol–water partition coefficient (Wildman–Crippen LogP) is 3.17. The predicted molar refractivity (Wildman–Crippen MR) is 112 cm³/mol. The monoisotopic (exact) mass is 460 g/mol. The van der Waals surface area contributed by atoms with E-state index in [0.29, 0.717) is 12.1 Å². The molecule has 1 saturated heterocycles. The Hall–Kier alpha value is -0.890. The molecule has 2 N–H and O–H groups in total. The lowest BCUT2D eigenvalue weighted by Crippen LogP contribution is -2.45. The van der Waals surface area contributed by atoms with Crippen LogP contribution in [0.3, 0.4) is 0 Å². The zero-order chi connectivity index (χ0) is 16.9. The van der Waals surface area contributed by atoms with Crippen LogP contribution in [0.4, 0.5) is 4.39 Å². The number of benzene rings is 1. The summed E-state index contributed by atoms with van der Waals surface area (Å²) < 4.78 is 13.2. The summed E-state index contributed by atoms with van der Waals surface area (Å²) in [4.78, 5) is 6.97. The number of nitrogens with one attached hydrogen (secondary N) is 2. The Kier molecular flexibility index (Phi) is 7.93. The lowest BCUT2D eigenvalue weighted by Gasteiger charge is -2.20. The zero-order valence-corrected chi connectivity index (χ0v) is 17.5. The van der Waals surface area contributed by atoms with E-state index in [9.17, 15) is 4.39 Å². The maximum absolute atomic E-state index is 13.2. The first-order valence-corrected chi connectivity index (χ1v) is 9.13. The van der Waals surface area contributed by atoms with Gasteiger partial charge in [0.05, 0.1) is 0 Å². The van der Waals surface area contributed by atoms with Gasteiger partial charge in [-0.1, -0.05) is 12.1 Å². The summed E-state index contributed by atoms with van der Waals surface area (Å²) in [6, 6.07) is 8.82. The Morgan fingerprint density at radius 2 is 2.16 bits per heavy atom. The summed E-state index contributed by atoms with van der Waals surface area (Å²) in [5.41, 5.74) is 1.05. The third-order valence-electron chi connectivity index (χ3n) is 5.03. The van der Waals surface area contributed by atoms with Gasteiger partial charge in [-0.25, -0.2) is 4.39 Å². The minimum absolute atomic E-state index is 0. The van der Waals surface area contributed by atoms with Gasteiger partial charge in [0.25, 0.3) is 0 Å². The third kappa shape index (κ3) is 6.09. The van der Waals surface area contributed by atoms with E-state index in [4.69, 9.17) is 0 Å². The van der Waals surface area contributed by atoms with Crippen molar-refractivity contribution in [1.82, 2.24) is 15.5 Å². The maximum Gasteiger partial charge on any atom is 0.191 e. The number of aliphatic imine (C=N–C) groups is 1. The second kappa shape index (κ2) is 9.71. The molecule has 1 aromatic rings. The third-order valence-corrected chi connectivity index (χ3v) is 5.03. The van der Waals surface area contributed by atoms with Crippen molar-refractivity contribution in [2.45, 2.75) is 57.2 Å². The lowest BCUT2D eigenvalue weighted by molar-refractivity contribution is 0.256. The molecule has 4 nitrogen and oxygen atoms in total. The minimum atomic E-state index is -0.159. The van der Waals surface area contributed by atoms with E-state index in [0.717, 1.165) is 43.5 Å². The molecule has 1 aliphatic carbocycles. The summed E-state index contributed by atoms with van der Waals surface area (Å²) >= 11 is 0. The van der Waals surface area contributed by atoms with Crippen LogP contribution in [0.1, 0.15) is 38.2 Å². The smallest absolute Gasteiger partial charge is 0.191 e. The molecule has 1 aromatic carbocycles. The van der Waals surface area contributed by atoms with Gasteiger partial charge in [-0.2, -0.15) is 0 Å². The maximum atomic E-state index is 13.2. The number of hydrogen-bond acceptors (Lipinski definition) is 2. The highest BCUT2D eigenvalue weighted by molar-refractivity contribution is 14.0. The Labute approximate surface area is 167 Å². The van der Waals surface area contributed by atoms with E-state index in [1.807, 2.05) is 13.1 Å². The lowest BCUT2D eigenvalue weighted by atomic mass is 10.1. The van der Waals surface area contributed by atoms with Gasteiger partial charge in [0.1, 0.15) is 5.82 Å². The van der Waals surface area contributed by atoms with Gasteiger partial charge in [-0.3, -0.25) is 9.89 Å². The average molecular weight is 460 g/mol. The summed E-state index contributed by atoms with van der Waals surface area (Å²) in [5, 5.41) is 6.94. The van der Waals surface area contributed by atoms with E-state index in [2.05, 4.69) is 27.4 Å². The Bertz CT molecular complexity index is 576. The molecule has 0 amide bonds. The molecule has 0 aromatic heterocycles. The zero-order valence-electron chi connectivity index (χ0n) is 15.2. The molecule has 2 atom stereocenters. The van der Waals surface area contributed by atoms with E-state index in [1.165, 1.54) is 25.3 Å². The molecule has 0 spiro atoms. The molecule has 140 valence electrons. The highest BCUT2D eigenvalue weighted by Gasteiger charge is 2.38. The molecule has 2 aliphatic rings. The van der Waals surface area contributed by atoms with Crippen LogP contribution in [0.15, 0.2) is 29.3 Å². The van der Waals surface area contributed by atoms with Gasteiger partial charge in [0.15, 0.2) is 5.96 Å². The number of hydrogen-bond donors (Lipinski definition) is 2. The van der Waals surface area contributed by atoms with E-state index < -0.39 is 0 Å². The topological polar surface area (TPSA) is 39.7 Å². The summed E-state index contributed by atoms with van der Waals surface area (Å²) in [6.07, 6.45) is 5.74. The fraction of sp³-hybridized carbons (Fsp3) is 0.632. The van der Waals surface area contributed by atoms with Crippen molar-refractivity contribution in [3.63, 3.8) is 0 Å². The van der Waals surface area contributed by atoms with Crippen LogP contribution in [-0.4, -0.2) is 49.1 Å². The van der Waals surface area contributed by atoms with Crippen LogP contribution in [-0.2, 0) is 6.42 Å². The SMILES string of the molecule is CN=C(NCCCc1cccc(F)c1)NC1CC(C)N(C2CC2)C1.I. The van der Waals surface area contributed by atoms with Gasteiger partial charge in [0, 0.05) is 38.3 Å². The van der Waals surface area contributed by atoms with Crippen LogP contribution in [0.25, 0.3) is 0 Å². The van der Waals surface area contributed by atoms with Gasteiger partial charge < -0.3 is 10.6 Å². The Balaban J connectivity index is 0.00000225. The van der Waals surface area contributed by atoms with Crippen LogP contribution in [0.2, 0.25) is 0 Å². The standard InChI is InChI=1S/C19H29FN4.HI/c1-14-11-17(13-24(14)18-8-9-18)23-19(21-2)22-10-4-6-15-5-3-7-16(20)12-15;/h3,5,7,12,14,17-18H,4,6,8-11,13H2,1-2H3,(H2,21,22,23);1H. The quantitative estimate of drug-likeness (QED) is 0.297. The Morgan fingerprint density at radius 3 is 2.84 bits per heavy atom. The number of rotatable bonds is 6. The molecule has 2 unspecified atom stereocenters. The molecule has 6 heteroatoms. The summed E-state index contributed by atoms with van der Waals surface area (Å²) in [7, 11) is 1.82. The molecule has 25 heavy (non-hydrogen) atoms. The van der Waals surface area contributed by atoms with Crippen molar-refractivity contribution >= 4 is 29.9 Å². The molecular weight excluding hydrogens is 430 g/mol. The van der Waals surface area contributed by atoms with Gasteiger partial charge in [0.2, 0.25) is 0 Å². The molecule has 1 heterocycles. The fourth-order valence-corrected chi connectivity index (χ4v) is 3.66.